The number of carbonyl (C=O) groups is 2. The van der Waals surface area contributed by atoms with Crippen molar-refractivity contribution in [1.29, 1.82) is 0 Å². The minimum absolute atomic E-state index is 0.167. The van der Waals surface area contributed by atoms with Crippen molar-refractivity contribution in [2.24, 2.45) is 5.73 Å². The van der Waals surface area contributed by atoms with Crippen LogP contribution in [0.2, 0.25) is 0 Å². The summed E-state index contributed by atoms with van der Waals surface area (Å²) in [5.74, 6) is -0.646. The van der Waals surface area contributed by atoms with Gasteiger partial charge < -0.3 is 10.5 Å². The lowest BCUT2D eigenvalue weighted by molar-refractivity contribution is -0.145. The van der Waals surface area contributed by atoms with Gasteiger partial charge in [0.05, 0.1) is 19.2 Å². The van der Waals surface area contributed by atoms with Crippen molar-refractivity contribution in [1.82, 2.24) is 4.90 Å². The van der Waals surface area contributed by atoms with E-state index in [1.807, 2.05) is 11.8 Å². The van der Waals surface area contributed by atoms with Crippen molar-refractivity contribution in [2.45, 2.75) is 45.2 Å². The number of carbonyl (C=O) groups excluding carboxylic acids is 2. The van der Waals surface area contributed by atoms with Gasteiger partial charge in [0.1, 0.15) is 0 Å². The number of ether oxygens (including phenoxy) is 1. The molecule has 16 heavy (non-hydrogen) atoms. The van der Waals surface area contributed by atoms with Crippen molar-refractivity contribution in [3.8, 4) is 0 Å². The van der Waals surface area contributed by atoms with E-state index >= 15 is 0 Å². The SMILES string of the molecule is CCOC(=O)CN(C1CC1)C(CC)C(N)=O. The van der Waals surface area contributed by atoms with Gasteiger partial charge in [-0.15, -0.1) is 0 Å². The van der Waals surface area contributed by atoms with Crippen LogP contribution in [-0.4, -0.2) is 42.0 Å². The van der Waals surface area contributed by atoms with E-state index in [1.54, 1.807) is 6.92 Å². The van der Waals surface area contributed by atoms with Crippen LogP contribution in [0.4, 0.5) is 0 Å². The second kappa shape index (κ2) is 5.84. The average molecular weight is 228 g/mol. The number of rotatable bonds is 7. The fraction of sp³-hybridized carbons (Fsp3) is 0.818. The van der Waals surface area contributed by atoms with E-state index < -0.39 is 0 Å². The van der Waals surface area contributed by atoms with Gasteiger partial charge in [-0.05, 0) is 26.2 Å². The summed E-state index contributed by atoms with van der Waals surface area (Å²) in [5.41, 5.74) is 5.33. The van der Waals surface area contributed by atoms with E-state index in [4.69, 9.17) is 10.5 Å². The van der Waals surface area contributed by atoms with Crippen LogP contribution in [0.15, 0.2) is 0 Å². The number of hydrogen-bond donors (Lipinski definition) is 1. The maximum Gasteiger partial charge on any atom is 0.320 e. The van der Waals surface area contributed by atoms with Crippen LogP contribution in [0.25, 0.3) is 0 Å². The Kier molecular flexibility index (Phi) is 4.73. The summed E-state index contributed by atoms with van der Waals surface area (Å²) in [6.45, 7) is 4.20. The Labute approximate surface area is 95.9 Å². The van der Waals surface area contributed by atoms with Gasteiger partial charge in [0.2, 0.25) is 5.91 Å². The first-order valence-electron chi connectivity index (χ1n) is 5.80. The van der Waals surface area contributed by atoms with Crippen LogP contribution >= 0.6 is 0 Å². The van der Waals surface area contributed by atoms with Crippen molar-refractivity contribution in [2.75, 3.05) is 13.2 Å². The van der Waals surface area contributed by atoms with Gasteiger partial charge in [-0.3, -0.25) is 14.5 Å². The molecule has 0 radical (unpaired) electrons. The molecule has 0 aromatic rings. The molecular weight excluding hydrogens is 208 g/mol. The summed E-state index contributed by atoms with van der Waals surface area (Å²) in [7, 11) is 0. The van der Waals surface area contributed by atoms with Gasteiger partial charge in [0.15, 0.2) is 0 Å². The van der Waals surface area contributed by atoms with Crippen LogP contribution < -0.4 is 5.73 Å². The van der Waals surface area contributed by atoms with Gasteiger partial charge in [-0.1, -0.05) is 6.92 Å². The largest absolute Gasteiger partial charge is 0.465 e. The van der Waals surface area contributed by atoms with Crippen molar-refractivity contribution < 1.29 is 14.3 Å². The molecular formula is C11H20N2O3. The van der Waals surface area contributed by atoms with Gasteiger partial charge >= 0.3 is 5.97 Å². The normalized spacial score (nSPS) is 17.2. The lowest BCUT2D eigenvalue weighted by Crippen LogP contribution is -2.48. The summed E-state index contributed by atoms with van der Waals surface area (Å²) < 4.78 is 4.89. The molecule has 1 aliphatic carbocycles. The number of primary amides is 1. The van der Waals surface area contributed by atoms with Crippen molar-refractivity contribution in [3.63, 3.8) is 0 Å². The Morgan fingerprint density at radius 1 is 1.44 bits per heavy atom. The fourth-order valence-electron chi connectivity index (χ4n) is 1.85. The summed E-state index contributed by atoms with van der Waals surface area (Å²) in [6, 6.07) is -0.0289. The molecule has 1 rings (SSSR count). The zero-order chi connectivity index (χ0) is 12.1. The van der Waals surface area contributed by atoms with E-state index in [9.17, 15) is 9.59 Å². The van der Waals surface area contributed by atoms with Crippen LogP contribution in [0.1, 0.15) is 33.1 Å². The lowest BCUT2D eigenvalue weighted by atomic mass is 10.1. The van der Waals surface area contributed by atoms with Crippen molar-refractivity contribution >= 4 is 11.9 Å². The first kappa shape index (κ1) is 13.0. The molecule has 1 saturated carbocycles. The Morgan fingerprint density at radius 2 is 2.06 bits per heavy atom. The van der Waals surface area contributed by atoms with Crippen LogP contribution in [0, 0.1) is 0 Å². The third-order valence-electron chi connectivity index (χ3n) is 2.75. The zero-order valence-electron chi connectivity index (χ0n) is 9.94. The monoisotopic (exact) mass is 228 g/mol. The van der Waals surface area contributed by atoms with Gasteiger partial charge in [0.25, 0.3) is 0 Å². The average Bonchev–Trinajstić information content (AvgIpc) is 3.00. The summed E-state index contributed by atoms with van der Waals surface area (Å²) >= 11 is 0. The van der Waals surface area contributed by atoms with Crippen LogP contribution in [-0.2, 0) is 14.3 Å². The lowest BCUT2D eigenvalue weighted by Gasteiger charge is -2.27. The number of esters is 1. The van der Waals surface area contributed by atoms with Crippen molar-refractivity contribution in [3.05, 3.63) is 0 Å². The molecule has 1 atom stereocenters. The van der Waals surface area contributed by atoms with Crippen LogP contribution in [0.5, 0.6) is 0 Å². The molecule has 1 fully saturated rings. The highest BCUT2D eigenvalue weighted by atomic mass is 16.5. The Hall–Kier alpha value is -1.10. The molecule has 0 bridgehead atoms. The first-order chi connectivity index (χ1) is 7.60. The van der Waals surface area contributed by atoms with E-state index in [1.165, 1.54) is 0 Å². The molecule has 0 saturated heterocycles. The summed E-state index contributed by atoms with van der Waals surface area (Å²) in [4.78, 5) is 24.6. The maximum absolute atomic E-state index is 11.4. The molecule has 0 heterocycles. The van der Waals surface area contributed by atoms with Gasteiger partial charge in [-0.2, -0.15) is 0 Å². The quantitative estimate of drug-likeness (QED) is 0.635. The second-order valence-corrected chi connectivity index (χ2v) is 4.03. The highest BCUT2D eigenvalue weighted by Gasteiger charge is 2.36. The van der Waals surface area contributed by atoms with E-state index in [0.29, 0.717) is 19.1 Å². The molecule has 0 aliphatic heterocycles. The van der Waals surface area contributed by atoms with Crippen LogP contribution in [0.3, 0.4) is 0 Å². The minimum Gasteiger partial charge on any atom is -0.465 e. The topological polar surface area (TPSA) is 72.6 Å². The number of hydrogen-bond acceptors (Lipinski definition) is 4. The smallest absolute Gasteiger partial charge is 0.320 e. The zero-order valence-corrected chi connectivity index (χ0v) is 9.94. The number of nitrogens with zero attached hydrogens (tertiary/aromatic N) is 1. The third kappa shape index (κ3) is 3.48. The van der Waals surface area contributed by atoms with E-state index in [0.717, 1.165) is 12.8 Å². The summed E-state index contributed by atoms with van der Waals surface area (Å²) in [6.07, 6.45) is 2.69. The third-order valence-corrected chi connectivity index (χ3v) is 2.75. The first-order valence-corrected chi connectivity index (χ1v) is 5.80. The molecule has 2 N–H and O–H groups in total. The van der Waals surface area contributed by atoms with E-state index in [-0.39, 0.29) is 24.5 Å². The predicted molar refractivity (Wildman–Crippen MR) is 59.6 cm³/mol. The molecule has 5 nitrogen and oxygen atoms in total. The molecule has 1 unspecified atom stereocenters. The number of amides is 1. The Morgan fingerprint density at radius 3 is 2.44 bits per heavy atom. The van der Waals surface area contributed by atoms with Gasteiger partial charge in [-0.25, -0.2) is 0 Å². The highest BCUT2D eigenvalue weighted by Crippen LogP contribution is 2.29. The predicted octanol–water partition coefficient (Wildman–Crippen LogP) is 0.278. The fourth-order valence-corrected chi connectivity index (χ4v) is 1.85. The van der Waals surface area contributed by atoms with Gasteiger partial charge in [0, 0.05) is 6.04 Å². The Balaban J connectivity index is 2.59. The standard InChI is InChI=1S/C11H20N2O3/c1-3-9(11(12)15)13(8-5-6-8)7-10(14)16-4-2/h8-9H,3-7H2,1-2H3,(H2,12,15). The second-order valence-electron chi connectivity index (χ2n) is 4.03. The molecule has 1 amide bonds. The summed E-state index contributed by atoms with van der Waals surface area (Å²) in [5, 5.41) is 0. The molecule has 0 spiro atoms. The Bertz CT molecular complexity index is 264. The number of nitrogens with two attached hydrogens (primary N) is 1. The highest BCUT2D eigenvalue weighted by molar-refractivity contribution is 5.81. The minimum atomic E-state index is -0.362. The molecule has 1 aliphatic rings. The molecule has 0 aromatic carbocycles. The molecule has 92 valence electrons. The van der Waals surface area contributed by atoms with E-state index in [2.05, 4.69) is 0 Å². The maximum atomic E-state index is 11.4. The molecule has 5 heteroatoms. The molecule has 0 aromatic heterocycles.